The first kappa shape index (κ1) is 29.6. The van der Waals surface area contributed by atoms with Gasteiger partial charge in [0.1, 0.15) is 11.8 Å². The van der Waals surface area contributed by atoms with Crippen LogP contribution in [0.3, 0.4) is 0 Å². The van der Waals surface area contributed by atoms with Gasteiger partial charge in [-0.2, -0.15) is 5.26 Å². The molecule has 6 rings (SSSR count). The Kier molecular flexibility index (Phi) is 7.80. The second-order valence-corrected chi connectivity index (χ2v) is 13.5. The van der Waals surface area contributed by atoms with Crippen molar-refractivity contribution in [1.82, 2.24) is 24.5 Å². The second-order valence-electron chi connectivity index (χ2n) is 13.1. The Balaban J connectivity index is 1.47. The monoisotopic (exact) mass is 608 g/mol. The first-order valence-corrected chi connectivity index (χ1v) is 15.5. The molecule has 0 bridgehead atoms. The van der Waals surface area contributed by atoms with E-state index < -0.39 is 6.04 Å². The standard InChI is InChI=1S/C34H37ClN8O/c1-6-20-12-23(13-20)43-18-29(40-41-43)32(25-8-7-9-26-24(25)10-11-42(5)33(26)44)39-22-14-27-30(38-19-34(2,3)4)21(16-36)17-37-31(27)28(35)15-22/h7-11,14-15,17-18,20,23,32,39H,6,12-13,19H2,1-5H3,(H,37,38)/t20?,23?,32-/m0/s1. The van der Waals surface area contributed by atoms with Crippen LogP contribution in [0.15, 0.2) is 59.8 Å². The van der Waals surface area contributed by atoms with Crippen molar-refractivity contribution < 1.29 is 0 Å². The third kappa shape index (κ3) is 5.62. The minimum atomic E-state index is -0.437. The van der Waals surface area contributed by atoms with Crippen LogP contribution in [0.4, 0.5) is 11.4 Å². The van der Waals surface area contributed by atoms with Crippen LogP contribution in [0.5, 0.6) is 0 Å². The summed E-state index contributed by atoms with van der Waals surface area (Å²) in [6.45, 7) is 9.29. The van der Waals surface area contributed by atoms with Crippen LogP contribution in [-0.4, -0.2) is 31.1 Å². The van der Waals surface area contributed by atoms with E-state index in [1.807, 2.05) is 47.3 Å². The molecule has 44 heavy (non-hydrogen) atoms. The molecular formula is C34H37ClN8O. The molecular weight excluding hydrogens is 572 g/mol. The van der Waals surface area contributed by atoms with E-state index in [9.17, 15) is 10.1 Å². The first-order chi connectivity index (χ1) is 21.1. The Morgan fingerprint density at radius 1 is 1.16 bits per heavy atom. The minimum absolute atomic E-state index is 0.0120. The SMILES string of the molecule is CCC1CC(n2cc([C@@H](Nc3cc(Cl)c4ncc(C#N)c(NCC(C)(C)C)c4c3)c3cccc4c(=O)n(C)ccc34)nn2)C1. The highest BCUT2D eigenvalue weighted by molar-refractivity contribution is 6.35. The number of hydrogen-bond acceptors (Lipinski definition) is 7. The van der Waals surface area contributed by atoms with E-state index in [1.165, 1.54) is 6.42 Å². The van der Waals surface area contributed by atoms with Crippen LogP contribution in [0.2, 0.25) is 5.02 Å². The molecule has 9 nitrogen and oxygen atoms in total. The molecule has 2 N–H and O–H groups in total. The molecule has 1 aliphatic rings. The molecule has 2 aromatic carbocycles. The Labute approximate surface area is 261 Å². The normalized spacial score (nSPS) is 17.3. The van der Waals surface area contributed by atoms with Gasteiger partial charge >= 0.3 is 0 Å². The zero-order chi connectivity index (χ0) is 31.2. The van der Waals surface area contributed by atoms with E-state index >= 15 is 0 Å². The van der Waals surface area contributed by atoms with Gasteiger partial charge < -0.3 is 15.2 Å². The highest BCUT2D eigenvalue weighted by atomic mass is 35.5. The lowest BCUT2D eigenvalue weighted by molar-refractivity contribution is 0.176. The molecule has 0 amide bonds. The Hall–Kier alpha value is -4.42. The van der Waals surface area contributed by atoms with Gasteiger partial charge in [-0.25, -0.2) is 4.68 Å². The van der Waals surface area contributed by atoms with Crippen molar-refractivity contribution in [2.45, 2.75) is 59.0 Å². The third-order valence-electron chi connectivity index (χ3n) is 8.60. The Morgan fingerprint density at radius 3 is 2.68 bits per heavy atom. The smallest absolute Gasteiger partial charge is 0.258 e. The number of nitriles is 1. The van der Waals surface area contributed by atoms with Crippen molar-refractivity contribution in [3.05, 3.63) is 87.2 Å². The average molecular weight is 609 g/mol. The van der Waals surface area contributed by atoms with Crippen molar-refractivity contribution in [2.75, 3.05) is 17.2 Å². The van der Waals surface area contributed by atoms with E-state index in [2.05, 4.69) is 59.7 Å². The zero-order valence-corrected chi connectivity index (χ0v) is 26.5. The maximum atomic E-state index is 13.1. The predicted molar refractivity (Wildman–Crippen MR) is 176 cm³/mol. The molecule has 3 heterocycles. The van der Waals surface area contributed by atoms with E-state index in [0.717, 1.165) is 46.5 Å². The molecule has 0 unspecified atom stereocenters. The van der Waals surface area contributed by atoms with Crippen molar-refractivity contribution >= 4 is 44.7 Å². The molecule has 1 saturated carbocycles. The van der Waals surface area contributed by atoms with Crippen LogP contribution in [-0.2, 0) is 7.05 Å². The summed E-state index contributed by atoms with van der Waals surface area (Å²) in [5.74, 6) is 0.726. The number of halogens is 1. The van der Waals surface area contributed by atoms with Crippen molar-refractivity contribution in [3.63, 3.8) is 0 Å². The van der Waals surface area contributed by atoms with Gasteiger partial charge in [-0.15, -0.1) is 5.10 Å². The molecule has 1 fully saturated rings. The fraction of sp³-hybridized carbons (Fsp3) is 0.382. The average Bonchev–Trinajstić information content (AvgIpc) is 3.45. The first-order valence-electron chi connectivity index (χ1n) is 15.1. The number of fused-ring (bicyclic) bond motifs is 2. The van der Waals surface area contributed by atoms with E-state index in [-0.39, 0.29) is 11.0 Å². The number of nitrogens with one attached hydrogen (secondary N) is 2. The molecule has 3 aromatic heterocycles. The summed E-state index contributed by atoms with van der Waals surface area (Å²) in [6.07, 6.45) is 8.73. The number of aromatic nitrogens is 5. The van der Waals surface area contributed by atoms with Crippen molar-refractivity contribution in [2.24, 2.45) is 18.4 Å². The van der Waals surface area contributed by atoms with Gasteiger partial charge in [0.05, 0.1) is 40.1 Å². The van der Waals surface area contributed by atoms with Gasteiger partial charge in [0, 0.05) is 42.4 Å². The summed E-state index contributed by atoms with van der Waals surface area (Å²) in [6, 6.07) is 13.7. The summed E-state index contributed by atoms with van der Waals surface area (Å²) in [5, 5.41) is 28.9. The number of hydrogen-bond donors (Lipinski definition) is 2. The summed E-state index contributed by atoms with van der Waals surface area (Å²) < 4.78 is 3.56. The van der Waals surface area contributed by atoms with Gasteiger partial charge in [0.2, 0.25) is 0 Å². The second kappa shape index (κ2) is 11.6. The molecule has 226 valence electrons. The van der Waals surface area contributed by atoms with Crippen molar-refractivity contribution in [1.29, 1.82) is 5.26 Å². The summed E-state index contributed by atoms with van der Waals surface area (Å²) in [5.41, 5.74) is 4.05. The van der Waals surface area contributed by atoms with E-state index in [1.54, 1.807) is 24.0 Å². The molecule has 0 radical (unpaired) electrons. The highest BCUT2D eigenvalue weighted by Crippen LogP contribution is 2.40. The van der Waals surface area contributed by atoms with Crippen LogP contribution in [0.25, 0.3) is 21.7 Å². The van der Waals surface area contributed by atoms with Gasteiger partial charge in [0.15, 0.2) is 0 Å². The highest BCUT2D eigenvalue weighted by Gasteiger charge is 2.31. The quantitative estimate of drug-likeness (QED) is 0.191. The predicted octanol–water partition coefficient (Wildman–Crippen LogP) is 7.22. The van der Waals surface area contributed by atoms with Crippen molar-refractivity contribution in [3.8, 4) is 6.07 Å². The summed E-state index contributed by atoms with van der Waals surface area (Å²) in [7, 11) is 1.75. The lowest BCUT2D eigenvalue weighted by Crippen LogP contribution is -2.26. The largest absolute Gasteiger partial charge is 0.383 e. The van der Waals surface area contributed by atoms with Crippen LogP contribution in [0.1, 0.15) is 75.9 Å². The molecule has 0 spiro atoms. The fourth-order valence-corrected chi connectivity index (χ4v) is 6.22. The number of benzene rings is 2. The van der Waals surface area contributed by atoms with Crippen LogP contribution in [0, 0.1) is 22.7 Å². The number of rotatable bonds is 8. The fourth-order valence-electron chi connectivity index (χ4n) is 5.95. The molecule has 0 aliphatic heterocycles. The Morgan fingerprint density at radius 2 is 1.95 bits per heavy atom. The number of pyridine rings is 2. The van der Waals surface area contributed by atoms with Gasteiger partial charge in [-0.1, -0.05) is 63.1 Å². The third-order valence-corrected chi connectivity index (χ3v) is 8.89. The van der Waals surface area contributed by atoms with Gasteiger partial charge in [-0.05, 0) is 59.4 Å². The number of nitrogens with zero attached hydrogens (tertiary/aromatic N) is 6. The van der Waals surface area contributed by atoms with Gasteiger partial charge in [0.25, 0.3) is 5.56 Å². The summed E-state index contributed by atoms with van der Waals surface area (Å²) in [4.78, 5) is 17.6. The molecule has 5 aromatic rings. The van der Waals surface area contributed by atoms with Crippen LogP contribution < -0.4 is 16.2 Å². The number of anilines is 2. The minimum Gasteiger partial charge on any atom is -0.383 e. The van der Waals surface area contributed by atoms with E-state index in [4.69, 9.17) is 11.6 Å². The molecule has 1 atom stereocenters. The lowest BCUT2D eigenvalue weighted by Gasteiger charge is -2.34. The maximum Gasteiger partial charge on any atom is 0.258 e. The van der Waals surface area contributed by atoms with Crippen LogP contribution >= 0.6 is 11.6 Å². The lowest BCUT2D eigenvalue weighted by atomic mass is 9.79. The number of aryl methyl sites for hydroxylation is 1. The topological polar surface area (TPSA) is 113 Å². The molecule has 0 saturated heterocycles. The molecule has 10 heteroatoms. The van der Waals surface area contributed by atoms with E-state index in [0.29, 0.717) is 39.8 Å². The summed E-state index contributed by atoms with van der Waals surface area (Å²) >= 11 is 6.84. The molecule has 1 aliphatic carbocycles. The zero-order valence-electron chi connectivity index (χ0n) is 25.7. The maximum absolute atomic E-state index is 13.1. The Bertz CT molecular complexity index is 1960. The van der Waals surface area contributed by atoms with Gasteiger partial charge in [-0.3, -0.25) is 9.78 Å².